The van der Waals surface area contributed by atoms with E-state index < -0.39 is 28.3 Å². The zero-order chi connectivity index (χ0) is 16.5. The van der Waals surface area contributed by atoms with Crippen molar-refractivity contribution in [2.45, 2.75) is 64.3 Å². The van der Waals surface area contributed by atoms with Crippen molar-refractivity contribution in [1.29, 1.82) is 0 Å². The van der Waals surface area contributed by atoms with Crippen LogP contribution in [0.5, 0.6) is 0 Å². The van der Waals surface area contributed by atoms with Crippen LogP contribution in [-0.4, -0.2) is 22.6 Å². The summed E-state index contributed by atoms with van der Waals surface area (Å²) in [6.07, 6.45) is -0.772. The minimum atomic E-state index is -4.68. The van der Waals surface area contributed by atoms with Gasteiger partial charge in [-0.15, -0.1) is 0 Å². The molecule has 0 amide bonds. The van der Waals surface area contributed by atoms with E-state index in [2.05, 4.69) is 10.3 Å². The largest absolute Gasteiger partial charge is 0.456 e. The number of hydrogen-bond acceptors (Lipinski definition) is 5. The fourth-order valence-corrected chi connectivity index (χ4v) is 3.22. The van der Waals surface area contributed by atoms with Crippen molar-refractivity contribution in [1.82, 2.24) is 4.98 Å². The molecule has 1 aromatic rings. The Labute approximate surface area is 131 Å². The quantitative estimate of drug-likeness (QED) is 0.827. The smallest absolute Gasteiger partial charge is 0.435 e. The molecule has 0 unspecified atom stereocenters. The van der Waals surface area contributed by atoms with Gasteiger partial charge >= 0.3 is 12.1 Å². The first kappa shape index (κ1) is 17.1. The highest BCUT2D eigenvalue weighted by Crippen LogP contribution is 2.38. The van der Waals surface area contributed by atoms with E-state index in [0.29, 0.717) is 11.3 Å². The van der Waals surface area contributed by atoms with Crippen LogP contribution in [0.3, 0.4) is 0 Å². The van der Waals surface area contributed by atoms with E-state index in [-0.39, 0.29) is 11.2 Å². The van der Waals surface area contributed by atoms with E-state index >= 15 is 0 Å². The Kier molecular flexibility index (Phi) is 4.70. The predicted molar refractivity (Wildman–Crippen MR) is 78.2 cm³/mol. The van der Waals surface area contributed by atoms with E-state index in [1.165, 1.54) is 0 Å². The molecule has 0 aromatic carbocycles. The zero-order valence-corrected chi connectivity index (χ0v) is 13.5. The van der Waals surface area contributed by atoms with Gasteiger partial charge in [0.25, 0.3) is 0 Å². The maximum Gasteiger partial charge on any atom is 0.435 e. The van der Waals surface area contributed by atoms with Gasteiger partial charge in [-0.05, 0) is 33.6 Å². The maximum absolute atomic E-state index is 13.1. The Morgan fingerprint density at radius 3 is 2.36 bits per heavy atom. The summed E-state index contributed by atoms with van der Waals surface area (Å²) >= 11 is 0.705. The van der Waals surface area contributed by atoms with Gasteiger partial charge in [0.1, 0.15) is 10.5 Å². The summed E-state index contributed by atoms with van der Waals surface area (Å²) in [6.45, 7) is 4.82. The fourth-order valence-electron chi connectivity index (χ4n) is 2.28. The van der Waals surface area contributed by atoms with E-state index in [1.807, 2.05) is 0 Å². The van der Waals surface area contributed by atoms with Crippen molar-refractivity contribution < 1.29 is 22.7 Å². The Morgan fingerprint density at radius 1 is 1.27 bits per heavy atom. The van der Waals surface area contributed by atoms with Crippen LogP contribution < -0.4 is 5.32 Å². The number of nitrogens with one attached hydrogen (secondary N) is 1. The van der Waals surface area contributed by atoms with E-state index in [1.54, 1.807) is 20.8 Å². The normalized spacial score (nSPS) is 16.8. The van der Waals surface area contributed by atoms with Crippen molar-refractivity contribution in [2.24, 2.45) is 0 Å². The molecule has 0 spiro atoms. The monoisotopic (exact) mass is 336 g/mol. The van der Waals surface area contributed by atoms with Crippen molar-refractivity contribution >= 4 is 22.4 Å². The summed E-state index contributed by atoms with van der Waals surface area (Å²) < 4.78 is 44.3. The first-order valence-electron chi connectivity index (χ1n) is 7.14. The van der Waals surface area contributed by atoms with Gasteiger partial charge in [-0.1, -0.05) is 24.2 Å². The summed E-state index contributed by atoms with van der Waals surface area (Å²) in [6, 6.07) is 0.124. The predicted octanol–water partition coefficient (Wildman–Crippen LogP) is 4.47. The van der Waals surface area contributed by atoms with Crippen LogP contribution in [0.1, 0.15) is 61.8 Å². The van der Waals surface area contributed by atoms with Gasteiger partial charge in [-0.3, -0.25) is 0 Å². The van der Waals surface area contributed by atoms with Crippen LogP contribution in [0.4, 0.5) is 18.3 Å². The Morgan fingerprint density at radius 2 is 1.86 bits per heavy atom. The second kappa shape index (κ2) is 6.06. The molecule has 1 aliphatic carbocycles. The molecular formula is C14H19F3N2O2S. The van der Waals surface area contributed by atoms with Gasteiger partial charge in [0, 0.05) is 6.04 Å². The lowest BCUT2D eigenvalue weighted by atomic mass is 10.2. The summed E-state index contributed by atoms with van der Waals surface area (Å²) in [5, 5.41) is 3.12. The van der Waals surface area contributed by atoms with E-state index in [4.69, 9.17) is 4.74 Å². The molecule has 0 bridgehead atoms. The van der Waals surface area contributed by atoms with Gasteiger partial charge in [0.2, 0.25) is 0 Å². The minimum Gasteiger partial charge on any atom is -0.456 e. The number of esters is 1. The number of aromatic nitrogens is 1. The van der Waals surface area contributed by atoms with Gasteiger partial charge in [0.15, 0.2) is 10.8 Å². The zero-order valence-electron chi connectivity index (χ0n) is 12.7. The molecule has 0 saturated heterocycles. The van der Waals surface area contributed by atoms with Crippen molar-refractivity contribution in [3.8, 4) is 0 Å². The van der Waals surface area contributed by atoms with Gasteiger partial charge < -0.3 is 10.1 Å². The molecule has 1 N–H and O–H groups in total. The summed E-state index contributed by atoms with van der Waals surface area (Å²) in [7, 11) is 0. The molecule has 1 aromatic heterocycles. The van der Waals surface area contributed by atoms with Gasteiger partial charge in [-0.25, -0.2) is 9.78 Å². The Balaban J connectivity index is 2.26. The highest BCUT2D eigenvalue weighted by atomic mass is 32.1. The second-order valence-electron chi connectivity index (χ2n) is 6.32. The number of anilines is 1. The number of thiazole rings is 1. The summed E-state index contributed by atoms with van der Waals surface area (Å²) in [4.78, 5) is 15.1. The molecule has 0 radical (unpaired) electrons. The number of ether oxygens (including phenoxy) is 1. The molecular weight excluding hydrogens is 317 g/mol. The van der Waals surface area contributed by atoms with Crippen LogP contribution in [0.15, 0.2) is 0 Å². The molecule has 124 valence electrons. The lowest BCUT2D eigenvalue weighted by molar-refractivity contribution is -0.141. The van der Waals surface area contributed by atoms with Crippen LogP contribution in [0, 0.1) is 0 Å². The first-order valence-corrected chi connectivity index (χ1v) is 7.96. The number of hydrogen-bond donors (Lipinski definition) is 1. The van der Waals surface area contributed by atoms with Crippen LogP contribution in [0.2, 0.25) is 0 Å². The molecule has 1 aliphatic rings. The second-order valence-corrected chi connectivity index (χ2v) is 7.32. The topological polar surface area (TPSA) is 51.2 Å². The standard InChI is InChI=1S/C14H19F3N2O2S/c1-13(2,3)21-11(20)9-10(14(15,16)17)19-12(22-9)18-8-6-4-5-7-8/h8H,4-7H2,1-3H3,(H,18,19). The van der Waals surface area contributed by atoms with Crippen molar-refractivity contribution in [3.63, 3.8) is 0 Å². The molecule has 0 atom stereocenters. The van der Waals surface area contributed by atoms with Crippen LogP contribution >= 0.6 is 11.3 Å². The molecule has 8 heteroatoms. The summed E-state index contributed by atoms with van der Waals surface area (Å²) in [5.74, 6) is -0.989. The molecule has 22 heavy (non-hydrogen) atoms. The first-order chi connectivity index (χ1) is 10.1. The van der Waals surface area contributed by atoms with E-state index in [0.717, 1.165) is 25.7 Å². The Bertz CT molecular complexity index is 543. The Hall–Kier alpha value is -1.31. The average Bonchev–Trinajstić information content (AvgIpc) is 2.95. The lowest BCUT2D eigenvalue weighted by Crippen LogP contribution is -2.25. The highest BCUT2D eigenvalue weighted by molar-refractivity contribution is 7.17. The van der Waals surface area contributed by atoms with Crippen molar-refractivity contribution in [3.05, 3.63) is 10.6 Å². The third-order valence-corrected chi connectivity index (χ3v) is 4.13. The van der Waals surface area contributed by atoms with Crippen LogP contribution in [0.25, 0.3) is 0 Å². The lowest BCUT2D eigenvalue weighted by Gasteiger charge is -2.19. The molecule has 1 saturated carbocycles. The van der Waals surface area contributed by atoms with Crippen molar-refractivity contribution in [2.75, 3.05) is 5.32 Å². The number of halogens is 3. The SMILES string of the molecule is CC(C)(C)OC(=O)c1sc(NC2CCCC2)nc1C(F)(F)F. The number of rotatable bonds is 3. The maximum atomic E-state index is 13.1. The summed E-state index contributed by atoms with van der Waals surface area (Å²) in [5.41, 5.74) is -2.03. The fraction of sp³-hybridized carbons (Fsp3) is 0.714. The number of carbonyl (C=O) groups excluding carboxylic acids is 1. The third kappa shape index (κ3) is 4.34. The molecule has 4 nitrogen and oxygen atoms in total. The molecule has 0 aliphatic heterocycles. The molecule has 2 rings (SSSR count). The number of nitrogens with zero attached hydrogens (tertiary/aromatic N) is 1. The minimum absolute atomic E-state index is 0.124. The average molecular weight is 336 g/mol. The van der Waals surface area contributed by atoms with Gasteiger partial charge in [0.05, 0.1) is 0 Å². The number of alkyl halides is 3. The van der Waals surface area contributed by atoms with E-state index in [9.17, 15) is 18.0 Å². The highest BCUT2D eigenvalue weighted by Gasteiger charge is 2.41. The van der Waals surface area contributed by atoms with Gasteiger partial charge in [-0.2, -0.15) is 13.2 Å². The molecule has 1 fully saturated rings. The van der Waals surface area contributed by atoms with Crippen LogP contribution in [-0.2, 0) is 10.9 Å². The third-order valence-electron chi connectivity index (χ3n) is 3.16. The number of carbonyl (C=O) groups is 1. The molecule has 1 heterocycles.